The summed E-state index contributed by atoms with van der Waals surface area (Å²) in [6.45, 7) is 2.00. The number of hydrogen-bond donors (Lipinski definition) is 3. The number of carbonyl (C=O) groups is 1. The van der Waals surface area contributed by atoms with Crippen LogP contribution in [0.3, 0.4) is 0 Å². The minimum atomic E-state index is -0.244. The number of imidazole rings is 1. The smallest absolute Gasteiger partial charge is 0.226 e. The van der Waals surface area contributed by atoms with Crippen molar-refractivity contribution in [3.05, 3.63) is 59.7 Å². The van der Waals surface area contributed by atoms with E-state index in [1.54, 1.807) is 18.2 Å². The van der Waals surface area contributed by atoms with Crippen LogP contribution in [0.2, 0.25) is 0 Å². The van der Waals surface area contributed by atoms with Crippen molar-refractivity contribution in [3.63, 3.8) is 0 Å². The van der Waals surface area contributed by atoms with Crippen molar-refractivity contribution in [2.24, 2.45) is 0 Å². The average Bonchev–Trinajstić information content (AvgIpc) is 3.06. The number of aromatic amines is 1. The fourth-order valence-corrected chi connectivity index (χ4v) is 3.23. The summed E-state index contributed by atoms with van der Waals surface area (Å²) in [5, 5.41) is 6.17. The third-order valence-corrected chi connectivity index (χ3v) is 4.56. The summed E-state index contributed by atoms with van der Waals surface area (Å²) < 4.78 is 19.2. The Labute approximate surface area is 156 Å². The second-order valence-electron chi connectivity index (χ2n) is 6.66. The van der Waals surface area contributed by atoms with Crippen molar-refractivity contribution in [1.29, 1.82) is 0 Å². The Hall–Kier alpha value is -2.77. The second-order valence-corrected chi connectivity index (χ2v) is 6.66. The van der Waals surface area contributed by atoms with Gasteiger partial charge in [-0.15, -0.1) is 0 Å². The van der Waals surface area contributed by atoms with Gasteiger partial charge in [0.05, 0.1) is 24.2 Å². The van der Waals surface area contributed by atoms with Gasteiger partial charge in [0.15, 0.2) is 0 Å². The number of morpholine rings is 1. The van der Waals surface area contributed by atoms with Crippen molar-refractivity contribution >= 4 is 22.6 Å². The van der Waals surface area contributed by atoms with Gasteiger partial charge in [0, 0.05) is 31.1 Å². The standard InChI is InChI=1S/C20H21FN4O2/c21-16-4-2-1-3-13(16)9-19-24-17-6-5-14(10-18(17)25-19)23-20(26)11-15-12-27-8-7-22-15/h1-6,10,15,22H,7-9,11-12H2,(H,23,26)(H,24,25). The molecule has 0 radical (unpaired) electrons. The number of benzene rings is 2. The molecule has 3 N–H and O–H groups in total. The molecule has 2 heterocycles. The summed E-state index contributed by atoms with van der Waals surface area (Å²) in [6.07, 6.45) is 0.746. The third-order valence-electron chi connectivity index (χ3n) is 4.56. The summed E-state index contributed by atoms with van der Waals surface area (Å²) in [5.41, 5.74) is 2.87. The van der Waals surface area contributed by atoms with Gasteiger partial charge in [0.2, 0.25) is 5.91 Å². The molecule has 7 heteroatoms. The Balaban J connectivity index is 1.44. The number of amides is 1. The lowest BCUT2D eigenvalue weighted by Gasteiger charge is -2.23. The number of fused-ring (bicyclic) bond motifs is 1. The molecular weight excluding hydrogens is 347 g/mol. The average molecular weight is 368 g/mol. The summed E-state index contributed by atoms with van der Waals surface area (Å²) >= 11 is 0. The van der Waals surface area contributed by atoms with Gasteiger partial charge < -0.3 is 20.4 Å². The van der Waals surface area contributed by atoms with Crippen molar-refractivity contribution in [3.8, 4) is 0 Å². The molecule has 0 bridgehead atoms. The Kier molecular flexibility index (Phi) is 5.13. The topological polar surface area (TPSA) is 79.0 Å². The number of rotatable bonds is 5. The van der Waals surface area contributed by atoms with E-state index in [0.717, 1.165) is 17.6 Å². The van der Waals surface area contributed by atoms with Gasteiger partial charge in [-0.05, 0) is 29.8 Å². The molecule has 1 amide bonds. The number of ether oxygens (including phenoxy) is 1. The molecule has 1 fully saturated rings. The molecule has 1 aliphatic heterocycles. The molecule has 0 saturated carbocycles. The molecule has 140 valence electrons. The number of nitrogens with zero attached hydrogens (tertiary/aromatic N) is 1. The number of anilines is 1. The maximum absolute atomic E-state index is 13.8. The molecule has 3 aromatic rings. The largest absolute Gasteiger partial charge is 0.378 e. The lowest BCUT2D eigenvalue weighted by Crippen LogP contribution is -2.43. The van der Waals surface area contributed by atoms with E-state index >= 15 is 0 Å². The van der Waals surface area contributed by atoms with Gasteiger partial charge in [-0.25, -0.2) is 9.37 Å². The van der Waals surface area contributed by atoms with Crippen molar-refractivity contribution in [1.82, 2.24) is 15.3 Å². The minimum Gasteiger partial charge on any atom is -0.378 e. The molecule has 1 unspecified atom stereocenters. The van der Waals surface area contributed by atoms with Crippen LogP contribution in [0.1, 0.15) is 17.8 Å². The van der Waals surface area contributed by atoms with E-state index in [9.17, 15) is 9.18 Å². The predicted octanol–water partition coefficient (Wildman–Crippen LogP) is 2.61. The first-order chi connectivity index (χ1) is 13.2. The van der Waals surface area contributed by atoms with Crippen LogP contribution < -0.4 is 10.6 Å². The molecule has 6 nitrogen and oxygen atoms in total. The maximum atomic E-state index is 13.8. The van der Waals surface area contributed by atoms with E-state index in [1.807, 2.05) is 18.2 Å². The number of aromatic nitrogens is 2. The zero-order chi connectivity index (χ0) is 18.6. The molecule has 4 rings (SSSR count). The zero-order valence-electron chi connectivity index (χ0n) is 14.8. The van der Waals surface area contributed by atoms with Crippen LogP contribution in [-0.4, -0.2) is 41.7 Å². The molecule has 2 aromatic carbocycles. The van der Waals surface area contributed by atoms with E-state index in [4.69, 9.17) is 4.74 Å². The monoisotopic (exact) mass is 368 g/mol. The van der Waals surface area contributed by atoms with E-state index in [-0.39, 0.29) is 17.8 Å². The first-order valence-corrected chi connectivity index (χ1v) is 9.00. The quantitative estimate of drug-likeness (QED) is 0.647. The van der Waals surface area contributed by atoms with Crippen LogP contribution in [-0.2, 0) is 16.0 Å². The van der Waals surface area contributed by atoms with E-state index in [1.165, 1.54) is 6.07 Å². The summed E-state index contributed by atoms with van der Waals surface area (Å²) in [5.74, 6) is 0.372. The SMILES string of the molecule is O=C(CC1COCCN1)Nc1ccc2nc(Cc3ccccc3F)[nH]c2c1. The second kappa shape index (κ2) is 7.85. The van der Waals surface area contributed by atoms with Gasteiger partial charge >= 0.3 is 0 Å². The predicted molar refractivity (Wildman–Crippen MR) is 101 cm³/mol. The van der Waals surface area contributed by atoms with E-state index < -0.39 is 0 Å². The van der Waals surface area contributed by atoms with Crippen molar-refractivity contribution in [2.75, 3.05) is 25.1 Å². The third kappa shape index (κ3) is 4.32. The molecule has 1 atom stereocenters. The number of hydrogen-bond acceptors (Lipinski definition) is 4. The van der Waals surface area contributed by atoms with Crippen molar-refractivity contribution in [2.45, 2.75) is 18.9 Å². The van der Waals surface area contributed by atoms with Gasteiger partial charge in [0.1, 0.15) is 11.6 Å². The maximum Gasteiger partial charge on any atom is 0.226 e. The van der Waals surface area contributed by atoms with Crippen LogP contribution in [0, 0.1) is 5.82 Å². The Morgan fingerprint density at radius 1 is 1.30 bits per heavy atom. The minimum absolute atomic E-state index is 0.0435. The number of nitrogens with one attached hydrogen (secondary N) is 3. The first kappa shape index (κ1) is 17.6. The number of H-pyrrole nitrogens is 1. The van der Waals surface area contributed by atoms with Gasteiger partial charge in [-0.3, -0.25) is 4.79 Å². The van der Waals surface area contributed by atoms with Crippen LogP contribution in [0.25, 0.3) is 11.0 Å². The highest BCUT2D eigenvalue weighted by Crippen LogP contribution is 2.20. The highest BCUT2D eigenvalue weighted by atomic mass is 19.1. The fraction of sp³-hybridized carbons (Fsp3) is 0.300. The molecule has 27 heavy (non-hydrogen) atoms. The highest BCUT2D eigenvalue weighted by molar-refractivity contribution is 5.93. The normalized spacial score (nSPS) is 17.1. The Morgan fingerprint density at radius 3 is 3.00 bits per heavy atom. The van der Waals surface area contributed by atoms with Gasteiger partial charge in [-0.2, -0.15) is 0 Å². The summed E-state index contributed by atoms with van der Waals surface area (Å²) in [4.78, 5) is 19.9. The summed E-state index contributed by atoms with van der Waals surface area (Å²) in [6, 6.07) is 12.2. The van der Waals surface area contributed by atoms with Gasteiger partial charge in [0.25, 0.3) is 0 Å². The lowest BCUT2D eigenvalue weighted by molar-refractivity contribution is -0.117. The van der Waals surface area contributed by atoms with Crippen LogP contribution >= 0.6 is 0 Å². The molecule has 0 aliphatic carbocycles. The fourth-order valence-electron chi connectivity index (χ4n) is 3.23. The van der Waals surface area contributed by atoms with Crippen LogP contribution in [0.15, 0.2) is 42.5 Å². The lowest BCUT2D eigenvalue weighted by atomic mass is 10.1. The molecular formula is C20H21FN4O2. The van der Waals surface area contributed by atoms with E-state index in [2.05, 4.69) is 20.6 Å². The zero-order valence-corrected chi connectivity index (χ0v) is 14.8. The molecule has 0 spiro atoms. The van der Waals surface area contributed by atoms with Gasteiger partial charge in [-0.1, -0.05) is 18.2 Å². The highest BCUT2D eigenvalue weighted by Gasteiger charge is 2.17. The Bertz CT molecular complexity index is 950. The van der Waals surface area contributed by atoms with Crippen LogP contribution in [0.4, 0.5) is 10.1 Å². The summed E-state index contributed by atoms with van der Waals surface area (Å²) in [7, 11) is 0. The molecule has 1 aromatic heterocycles. The number of halogens is 1. The van der Waals surface area contributed by atoms with Crippen molar-refractivity contribution < 1.29 is 13.9 Å². The molecule has 1 saturated heterocycles. The number of carbonyl (C=O) groups excluding carboxylic acids is 1. The Morgan fingerprint density at radius 2 is 2.19 bits per heavy atom. The van der Waals surface area contributed by atoms with E-state index in [0.29, 0.717) is 43.1 Å². The first-order valence-electron chi connectivity index (χ1n) is 9.00. The molecule has 1 aliphatic rings. The van der Waals surface area contributed by atoms with Crippen LogP contribution in [0.5, 0.6) is 0 Å².